The predicted octanol–water partition coefficient (Wildman–Crippen LogP) is 0.894. The molecule has 0 aliphatic rings. The van der Waals surface area contributed by atoms with Crippen molar-refractivity contribution in [2.45, 2.75) is 11.7 Å². The Morgan fingerprint density at radius 1 is 1.27 bits per heavy atom. The first-order valence-corrected chi connectivity index (χ1v) is 3.26. The van der Waals surface area contributed by atoms with E-state index in [0.29, 0.717) is 0 Å². The molecular formula is C2H5F4NO3S. The van der Waals surface area contributed by atoms with Crippen LogP contribution in [0.1, 0.15) is 0 Å². The van der Waals surface area contributed by atoms with Crippen molar-refractivity contribution in [1.29, 1.82) is 0 Å². The summed E-state index contributed by atoms with van der Waals surface area (Å²) in [6.45, 7) is 0. The lowest BCUT2D eigenvalue weighted by atomic mass is 10.7. The van der Waals surface area contributed by atoms with Crippen LogP contribution < -0.4 is 6.15 Å². The van der Waals surface area contributed by atoms with E-state index in [1.807, 2.05) is 0 Å². The highest BCUT2D eigenvalue weighted by Gasteiger charge is 2.53. The Morgan fingerprint density at radius 2 is 1.55 bits per heavy atom. The van der Waals surface area contributed by atoms with Crippen molar-refractivity contribution >= 4 is 10.1 Å². The molecule has 0 rings (SSSR count). The summed E-state index contributed by atoms with van der Waals surface area (Å²) in [5, 5.41) is -5.37. The fraction of sp³-hybridized carbons (Fsp3) is 1.00. The Hall–Kier alpha value is -0.410. The van der Waals surface area contributed by atoms with Crippen molar-refractivity contribution in [2.75, 3.05) is 0 Å². The monoisotopic (exact) mass is 199 g/mol. The van der Waals surface area contributed by atoms with Crippen molar-refractivity contribution in [3.63, 3.8) is 0 Å². The average molecular weight is 199 g/mol. The van der Waals surface area contributed by atoms with Gasteiger partial charge in [-0.1, -0.05) is 0 Å². The fourth-order valence-electron chi connectivity index (χ4n) is 0.113. The Balaban J connectivity index is 0. The number of hydrogen-bond donors (Lipinski definition) is 2. The fourth-order valence-corrected chi connectivity index (χ4v) is 0.338. The zero-order valence-corrected chi connectivity index (χ0v) is 5.78. The molecule has 4 N–H and O–H groups in total. The molecule has 4 nitrogen and oxygen atoms in total. The Labute approximate surface area is 59.5 Å². The molecule has 9 heteroatoms. The smallest absolute Gasteiger partial charge is 0.344 e. The lowest BCUT2D eigenvalue weighted by molar-refractivity contribution is -0.0687. The minimum Gasteiger partial charge on any atom is -0.344 e. The third kappa shape index (κ3) is 2.60. The van der Waals surface area contributed by atoms with Gasteiger partial charge in [0, 0.05) is 0 Å². The van der Waals surface area contributed by atoms with Gasteiger partial charge in [0.2, 0.25) is 0 Å². The molecule has 0 fully saturated rings. The van der Waals surface area contributed by atoms with Crippen LogP contribution in [0.3, 0.4) is 0 Å². The topological polar surface area (TPSA) is 89.4 Å². The maximum absolute atomic E-state index is 11.5. The first kappa shape index (κ1) is 13.2. The summed E-state index contributed by atoms with van der Waals surface area (Å²) >= 11 is 0. The second-order valence-corrected chi connectivity index (χ2v) is 2.83. The van der Waals surface area contributed by atoms with Crippen molar-refractivity contribution < 1.29 is 30.5 Å². The molecule has 0 bridgehead atoms. The van der Waals surface area contributed by atoms with Crippen molar-refractivity contribution in [3.05, 3.63) is 0 Å². The number of alkyl halides is 4. The molecule has 0 atom stereocenters. The van der Waals surface area contributed by atoms with Crippen molar-refractivity contribution in [2.24, 2.45) is 0 Å². The van der Waals surface area contributed by atoms with E-state index in [1.54, 1.807) is 0 Å². The molecule has 0 aliphatic heterocycles. The summed E-state index contributed by atoms with van der Waals surface area (Å²) in [4.78, 5) is 0. The van der Waals surface area contributed by atoms with Gasteiger partial charge in [0.1, 0.15) is 0 Å². The van der Waals surface area contributed by atoms with Gasteiger partial charge >= 0.3 is 21.8 Å². The molecule has 0 unspecified atom stereocenters. The van der Waals surface area contributed by atoms with Crippen molar-refractivity contribution in [1.82, 2.24) is 6.15 Å². The molecule has 70 valence electrons. The number of halogens is 4. The third-order valence-corrected chi connectivity index (χ3v) is 1.46. The maximum Gasteiger partial charge on any atom is 0.428 e. The normalized spacial score (nSPS) is 12.9. The van der Waals surface area contributed by atoms with Crippen LogP contribution in [0.4, 0.5) is 17.6 Å². The zero-order valence-electron chi connectivity index (χ0n) is 4.97. The predicted molar refractivity (Wildman–Crippen MR) is 27.5 cm³/mol. The molecule has 0 heterocycles. The van der Waals surface area contributed by atoms with E-state index in [2.05, 4.69) is 0 Å². The highest BCUT2D eigenvalue weighted by atomic mass is 32.2. The summed E-state index contributed by atoms with van der Waals surface area (Å²) in [5.41, 5.74) is 0. The molecule has 0 radical (unpaired) electrons. The van der Waals surface area contributed by atoms with Gasteiger partial charge in [0.25, 0.3) is 0 Å². The van der Waals surface area contributed by atoms with Crippen LogP contribution in [-0.4, -0.2) is 24.7 Å². The summed E-state index contributed by atoms with van der Waals surface area (Å²) in [5.74, 6) is 0. The number of hydrogen-bond acceptors (Lipinski definition) is 3. The minimum absolute atomic E-state index is 0. The van der Waals surface area contributed by atoms with E-state index in [4.69, 9.17) is 4.55 Å². The van der Waals surface area contributed by atoms with Crippen LogP contribution in [0.25, 0.3) is 0 Å². The lowest BCUT2D eigenvalue weighted by Crippen LogP contribution is -2.35. The molecule has 0 saturated carbocycles. The van der Waals surface area contributed by atoms with Crippen LogP contribution in [0.5, 0.6) is 0 Å². The van der Waals surface area contributed by atoms with Crippen LogP contribution >= 0.6 is 0 Å². The van der Waals surface area contributed by atoms with Crippen molar-refractivity contribution in [3.8, 4) is 0 Å². The second kappa shape index (κ2) is 3.32. The molecule has 0 amide bonds. The Morgan fingerprint density at radius 3 is 1.55 bits per heavy atom. The molecular weight excluding hydrogens is 194 g/mol. The summed E-state index contributed by atoms with van der Waals surface area (Å²) < 4.78 is 71.3. The van der Waals surface area contributed by atoms with Gasteiger partial charge in [-0.15, -0.1) is 0 Å². The van der Waals surface area contributed by atoms with Crippen LogP contribution in [0.2, 0.25) is 0 Å². The molecule has 0 saturated heterocycles. The van der Waals surface area contributed by atoms with Gasteiger partial charge in [-0.3, -0.25) is 4.55 Å². The average Bonchev–Trinajstić information content (AvgIpc) is 1.62. The van der Waals surface area contributed by atoms with E-state index < -0.39 is 21.8 Å². The number of rotatable bonds is 2. The van der Waals surface area contributed by atoms with E-state index in [1.165, 1.54) is 0 Å². The SMILES string of the molecule is N.O=S(=O)(O)C(F)(F)C(F)F. The lowest BCUT2D eigenvalue weighted by Gasteiger charge is -2.09. The van der Waals surface area contributed by atoms with Crippen LogP contribution in [0.15, 0.2) is 0 Å². The van der Waals surface area contributed by atoms with Gasteiger partial charge < -0.3 is 6.15 Å². The molecule has 11 heavy (non-hydrogen) atoms. The largest absolute Gasteiger partial charge is 0.428 e. The standard InChI is InChI=1S/C2H2F4O3S.H3N/c3-1(4)2(5,6)10(7,8)9;/h1H,(H,7,8,9);1H3. The zero-order chi connectivity index (χ0) is 8.58. The first-order valence-electron chi connectivity index (χ1n) is 1.82. The quantitative estimate of drug-likeness (QED) is 0.510. The summed E-state index contributed by atoms with van der Waals surface area (Å²) in [6, 6.07) is 0. The minimum atomic E-state index is -5.98. The molecule has 0 aromatic heterocycles. The second-order valence-electron chi connectivity index (χ2n) is 1.34. The third-order valence-electron chi connectivity index (χ3n) is 0.598. The summed E-state index contributed by atoms with van der Waals surface area (Å²) in [7, 11) is -5.98. The van der Waals surface area contributed by atoms with Gasteiger partial charge in [0.05, 0.1) is 0 Å². The van der Waals surface area contributed by atoms with Gasteiger partial charge in [-0.25, -0.2) is 8.78 Å². The molecule has 0 spiro atoms. The molecule has 0 aromatic carbocycles. The highest BCUT2D eigenvalue weighted by Crippen LogP contribution is 2.27. The van der Waals surface area contributed by atoms with Gasteiger partial charge in [-0.2, -0.15) is 17.2 Å². The molecule has 0 aromatic rings. The Bertz CT molecular complexity index is 211. The van der Waals surface area contributed by atoms with E-state index in [-0.39, 0.29) is 6.15 Å². The summed E-state index contributed by atoms with van der Waals surface area (Å²) in [6.07, 6.45) is -4.41. The van der Waals surface area contributed by atoms with Gasteiger partial charge in [0.15, 0.2) is 0 Å². The van der Waals surface area contributed by atoms with Crippen LogP contribution in [0, 0.1) is 0 Å². The Kier molecular flexibility index (Phi) is 3.99. The maximum atomic E-state index is 11.5. The molecule has 0 aliphatic carbocycles. The van der Waals surface area contributed by atoms with E-state index in [9.17, 15) is 26.0 Å². The highest BCUT2D eigenvalue weighted by molar-refractivity contribution is 7.86. The van der Waals surface area contributed by atoms with E-state index in [0.717, 1.165) is 0 Å². The first-order chi connectivity index (χ1) is 4.19. The van der Waals surface area contributed by atoms with E-state index >= 15 is 0 Å². The van der Waals surface area contributed by atoms with Gasteiger partial charge in [-0.05, 0) is 0 Å². The van der Waals surface area contributed by atoms with Crippen LogP contribution in [-0.2, 0) is 10.1 Å².